The zero-order valence-corrected chi connectivity index (χ0v) is 22.6. The van der Waals surface area contributed by atoms with Gasteiger partial charge in [0.1, 0.15) is 0 Å². The van der Waals surface area contributed by atoms with Crippen LogP contribution in [0.25, 0.3) is 21.5 Å². The van der Waals surface area contributed by atoms with Crippen molar-refractivity contribution < 1.29 is 87.9 Å². The summed E-state index contributed by atoms with van der Waals surface area (Å²) in [5.74, 6) is 0. The van der Waals surface area contributed by atoms with Crippen LogP contribution >= 0.6 is 0 Å². The molecule has 0 bridgehead atoms. The van der Waals surface area contributed by atoms with E-state index in [4.69, 9.17) is 0 Å². The summed E-state index contributed by atoms with van der Waals surface area (Å²) in [4.78, 5) is -0.601. The molecule has 0 amide bonds. The van der Waals surface area contributed by atoms with Crippen LogP contribution in [0.2, 0.25) is 0 Å². The van der Waals surface area contributed by atoms with Gasteiger partial charge in [0.05, 0.1) is 9.79 Å². The average Bonchev–Trinajstić information content (AvgIpc) is 2.66. The molecule has 2 N–H and O–H groups in total. The van der Waals surface area contributed by atoms with E-state index >= 15 is 0 Å². The van der Waals surface area contributed by atoms with Crippen molar-refractivity contribution in [3.8, 4) is 0 Å². The Morgan fingerprint density at radius 2 is 0.935 bits per heavy atom. The second-order valence-corrected chi connectivity index (χ2v) is 9.43. The summed E-state index contributed by atoms with van der Waals surface area (Å²) >= 11 is 0. The van der Waals surface area contributed by atoms with Crippen LogP contribution in [-0.2, 0) is 26.7 Å². The minimum absolute atomic E-state index is 0. The van der Waals surface area contributed by atoms with Crippen LogP contribution in [0.5, 0.6) is 0 Å². The molecule has 4 aromatic carbocycles. The summed E-state index contributed by atoms with van der Waals surface area (Å²) in [6.45, 7) is 0. The molecule has 0 saturated heterocycles. The maximum absolute atomic E-state index is 12.0. The van der Waals surface area contributed by atoms with Gasteiger partial charge in [0.2, 0.25) is 0 Å². The van der Waals surface area contributed by atoms with E-state index in [1.807, 2.05) is 0 Å². The summed E-state index contributed by atoms with van der Waals surface area (Å²) in [6, 6.07) is 19.8. The molecule has 0 unspecified atom stereocenters. The molecule has 0 aliphatic heterocycles. The third-order valence-corrected chi connectivity index (χ3v) is 6.78. The zero-order valence-electron chi connectivity index (χ0n) is 19.0. The first-order valence-corrected chi connectivity index (χ1v) is 11.5. The van der Waals surface area contributed by atoms with E-state index in [0.717, 1.165) is 10.8 Å². The van der Waals surface area contributed by atoms with Crippen LogP contribution in [0.15, 0.2) is 82.6 Å². The van der Waals surface area contributed by atoms with Crippen molar-refractivity contribution in [3.05, 3.63) is 83.9 Å². The Bertz CT molecular complexity index is 1380. The Kier molecular flexibility index (Phi) is 8.55. The van der Waals surface area contributed by atoms with E-state index in [0.29, 0.717) is 10.8 Å². The van der Waals surface area contributed by atoms with Crippen molar-refractivity contribution in [2.75, 3.05) is 0 Å². The summed E-state index contributed by atoms with van der Waals surface area (Å²) < 4.78 is 67.6. The Morgan fingerprint density at radius 1 is 0.581 bits per heavy atom. The predicted molar refractivity (Wildman–Crippen MR) is 113 cm³/mol. The molecule has 4 rings (SSSR count). The fraction of sp³-hybridized carbons (Fsp3) is 0.0476. The van der Waals surface area contributed by atoms with E-state index in [1.54, 1.807) is 60.7 Å². The number of hydrogen-bond donors (Lipinski definition) is 2. The minimum atomic E-state index is -4.56. The van der Waals surface area contributed by atoms with E-state index in [-0.39, 0.29) is 89.3 Å². The van der Waals surface area contributed by atoms with Crippen molar-refractivity contribution in [2.24, 2.45) is 0 Å². The molecule has 0 spiro atoms. The molecular formula is C21H18Na2O6S2. The Balaban J connectivity index is 0.00000256. The van der Waals surface area contributed by atoms with E-state index < -0.39 is 20.2 Å². The van der Waals surface area contributed by atoms with E-state index in [1.165, 1.54) is 12.1 Å². The fourth-order valence-electron chi connectivity index (χ4n) is 3.66. The molecule has 4 aromatic rings. The first kappa shape index (κ1) is 26.5. The van der Waals surface area contributed by atoms with Crippen LogP contribution in [-0.4, -0.2) is 25.9 Å². The summed E-state index contributed by atoms with van der Waals surface area (Å²) in [6.07, 6.45) is -0.118. The van der Waals surface area contributed by atoms with Gasteiger partial charge in [-0.1, -0.05) is 60.7 Å². The van der Waals surface area contributed by atoms with E-state index in [9.17, 15) is 25.9 Å². The molecule has 152 valence electrons. The van der Waals surface area contributed by atoms with Crippen molar-refractivity contribution in [2.45, 2.75) is 16.2 Å². The topological polar surface area (TPSA) is 109 Å². The zero-order chi connectivity index (χ0) is 20.8. The summed E-state index contributed by atoms with van der Waals surface area (Å²) in [5, 5.41) is 2.61. The molecule has 0 radical (unpaired) electrons. The summed E-state index contributed by atoms with van der Waals surface area (Å²) in [7, 11) is -9.12. The van der Waals surface area contributed by atoms with Crippen LogP contribution < -0.4 is 59.1 Å². The molecule has 0 atom stereocenters. The van der Waals surface area contributed by atoms with E-state index in [2.05, 4.69) is 0 Å². The Morgan fingerprint density at radius 3 is 1.29 bits per heavy atom. The average molecular weight is 476 g/mol. The first-order chi connectivity index (χ1) is 13.7. The van der Waals surface area contributed by atoms with Gasteiger partial charge in [-0.2, -0.15) is 16.8 Å². The van der Waals surface area contributed by atoms with Gasteiger partial charge in [0.25, 0.3) is 20.2 Å². The van der Waals surface area contributed by atoms with Gasteiger partial charge in [-0.25, -0.2) is 0 Å². The second-order valence-electron chi connectivity index (χ2n) is 6.65. The number of fused-ring (bicyclic) bond motifs is 2. The minimum Gasteiger partial charge on any atom is -1.00 e. The molecule has 0 aliphatic rings. The second kappa shape index (κ2) is 10.0. The molecule has 10 heteroatoms. The monoisotopic (exact) mass is 476 g/mol. The van der Waals surface area contributed by atoms with Crippen LogP contribution in [0, 0.1) is 0 Å². The molecule has 6 nitrogen and oxygen atoms in total. The van der Waals surface area contributed by atoms with Gasteiger partial charge in [0, 0.05) is 6.42 Å². The smallest absolute Gasteiger partial charge is 1.00 e. The molecule has 0 saturated carbocycles. The molecular weight excluding hydrogens is 458 g/mol. The van der Waals surface area contributed by atoms with Crippen molar-refractivity contribution in [1.82, 2.24) is 0 Å². The van der Waals surface area contributed by atoms with Gasteiger partial charge < -0.3 is 2.85 Å². The third kappa shape index (κ3) is 5.42. The van der Waals surface area contributed by atoms with Crippen molar-refractivity contribution >= 4 is 41.8 Å². The molecule has 0 fully saturated rings. The Labute approximate surface area is 227 Å². The largest absolute Gasteiger partial charge is 1.00 e. The molecule has 0 aromatic heterocycles. The number of hydrogen-bond acceptors (Lipinski definition) is 4. The fourth-order valence-corrected chi connectivity index (χ4v) is 5.12. The quantitative estimate of drug-likeness (QED) is 0.269. The standard InChI is InChI=1S/C21H16O6S2.2Na.2H/c22-28(23,24)20-11-9-14-5-1-3-7-16(14)18(20)13-19-17-8-4-2-6-15(17)10-12-21(19)29(25,26)27;;;;/h1-12H,13H2,(H,22,23,24)(H,25,26,27);;;;/q;2*+1;2*-1. The van der Waals surface area contributed by atoms with Gasteiger partial charge in [0.15, 0.2) is 0 Å². The third-order valence-electron chi connectivity index (χ3n) is 4.90. The maximum atomic E-state index is 12.0. The van der Waals surface area contributed by atoms with Crippen molar-refractivity contribution in [3.63, 3.8) is 0 Å². The molecule has 0 heterocycles. The molecule has 0 aliphatic carbocycles. The summed E-state index contributed by atoms with van der Waals surface area (Å²) in [5.41, 5.74) is 0.513. The van der Waals surface area contributed by atoms with Gasteiger partial charge in [-0.15, -0.1) is 0 Å². The Hall–Kier alpha value is -0.780. The van der Waals surface area contributed by atoms with Crippen LogP contribution in [0.3, 0.4) is 0 Å². The molecule has 31 heavy (non-hydrogen) atoms. The SMILES string of the molecule is O=S(=O)(O)c1ccc2ccccc2c1Cc1c(S(=O)(=O)O)ccc2ccccc12.[H-].[H-].[Na+].[Na+]. The van der Waals surface area contributed by atoms with Crippen LogP contribution in [0.4, 0.5) is 0 Å². The predicted octanol–water partition coefficient (Wildman–Crippen LogP) is -1.69. The number of rotatable bonds is 4. The van der Waals surface area contributed by atoms with Crippen molar-refractivity contribution in [1.29, 1.82) is 0 Å². The normalized spacial score (nSPS) is 11.7. The maximum Gasteiger partial charge on any atom is 1.00 e. The van der Waals surface area contributed by atoms with Gasteiger partial charge in [-0.3, -0.25) is 9.11 Å². The number of benzene rings is 4. The van der Waals surface area contributed by atoms with Gasteiger partial charge in [-0.05, 0) is 44.8 Å². The first-order valence-electron chi connectivity index (χ1n) is 8.62. The van der Waals surface area contributed by atoms with Crippen LogP contribution in [0.1, 0.15) is 14.0 Å². The van der Waals surface area contributed by atoms with Gasteiger partial charge >= 0.3 is 59.1 Å².